The summed E-state index contributed by atoms with van der Waals surface area (Å²) in [6, 6.07) is 1.14. The van der Waals surface area contributed by atoms with E-state index in [1.165, 1.54) is 13.8 Å². The van der Waals surface area contributed by atoms with E-state index in [9.17, 15) is 13.2 Å². The molecule has 0 saturated heterocycles. The SMILES string of the molecule is CC(C)(NS(=O)(=O)c1cnc(N)c(Cl)c1)C(N)=O. The highest BCUT2D eigenvalue weighted by Gasteiger charge is 2.31. The van der Waals surface area contributed by atoms with Crippen LogP contribution in [-0.2, 0) is 14.8 Å². The van der Waals surface area contributed by atoms with E-state index < -0.39 is 21.5 Å². The van der Waals surface area contributed by atoms with Crippen LogP contribution in [0.1, 0.15) is 13.8 Å². The van der Waals surface area contributed by atoms with E-state index in [1.807, 2.05) is 0 Å². The van der Waals surface area contributed by atoms with Crippen LogP contribution in [0.15, 0.2) is 17.2 Å². The lowest BCUT2D eigenvalue weighted by Crippen LogP contribution is -2.52. The van der Waals surface area contributed by atoms with Gasteiger partial charge in [-0.15, -0.1) is 0 Å². The summed E-state index contributed by atoms with van der Waals surface area (Å²) >= 11 is 5.68. The number of halogens is 1. The average molecular weight is 293 g/mol. The van der Waals surface area contributed by atoms with Crippen LogP contribution in [0.5, 0.6) is 0 Å². The quantitative estimate of drug-likeness (QED) is 0.711. The summed E-state index contributed by atoms with van der Waals surface area (Å²) in [4.78, 5) is 14.5. The number of nitrogens with one attached hydrogen (secondary N) is 1. The largest absolute Gasteiger partial charge is 0.382 e. The number of pyridine rings is 1. The van der Waals surface area contributed by atoms with E-state index in [-0.39, 0.29) is 15.7 Å². The van der Waals surface area contributed by atoms with Gasteiger partial charge in [0.2, 0.25) is 15.9 Å². The Kier molecular flexibility index (Phi) is 3.84. The van der Waals surface area contributed by atoms with Crippen molar-refractivity contribution in [1.82, 2.24) is 9.71 Å². The molecule has 0 radical (unpaired) electrons. The average Bonchev–Trinajstić information content (AvgIpc) is 2.20. The predicted octanol–water partition coefficient (Wildman–Crippen LogP) is -0.141. The standard InChI is InChI=1S/C9H13ClN4O3S/c1-9(2,8(12)15)14-18(16,17)5-3-6(10)7(11)13-4-5/h3-4,14H,1-2H3,(H2,11,13)(H2,12,15). The number of amides is 1. The molecule has 0 aliphatic carbocycles. The molecule has 0 fully saturated rings. The Balaban J connectivity index is 3.15. The topological polar surface area (TPSA) is 128 Å². The summed E-state index contributed by atoms with van der Waals surface area (Å²) in [5.74, 6) is -0.787. The van der Waals surface area contributed by atoms with Crippen molar-refractivity contribution in [2.75, 3.05) is 5.73 Å². The van der Waals surface area contributed by atoms with Gasteiger partial charge in [0.05, 0.1) is 5.02 Å². The van der Waals surface area contributed by atoms with E-state index in [1.54, 1.807) is 0 Å². The fourth-order valence-corrected chi connectivity index (χ4v) is 2.61. The molecule has 0 bridgehead atoms. The Morgan fingerprint density at radius 3 is 2.50 bits per heavy atom. The van der Waals surface area contributed by atoms with Gasteiger partial charge in [-0.3, -0.25) is 4.79 Å². The van der Waals surface area contributed by atoms with Crippen molar-refractivity contribution in [2.24, 2.45) is 5.73 Å². The van der Waals surface area contributed by atoms with Crippen LogP contribution in [-0.4, -0.2) is 24.8 Å². The minimum Gasteiger partial charge on any atom is -0.382 e. The highest BCUT2D eigenvalue weighted by molar-refractivity contribution is 7.89. The van der Waals surface area contributed by atoms with Crippen LogP contribution in [0, 0.1) is 0 Å². The summed E-state index contributed by atoms with van der Waals surface area (Å²) in [6.45, 7) is 2.69. The van der Waals surface area contributed by atoms with Crippen molar-refractivity contribution in [3.05, 3.63) is 17.3 Å². The summed E-state index contributed by atoms with van der Waals surface area (Å²) in [7, 11) is -3.96. The maximum atomic E-state index is 12.0. The highest BCUT2D eigenvalue weighted by Crippen LogP contribution is 2.20. The molecule has 5 N–H and O–H groups in total. The van der Waals surface area contributed by atoms with Crippen molar-refractivity contribution in [1.29, 1.82) is 0 Å². The van der Waals surface area contributed by atoms with E-state index >= 15 is 0 Å². The van der Waals surface area contributed by atoms with Gasteiger partial charge >= 0.3 is 0 Å². The van der Waals surface area contributed by atoms with Gasteiger partial charge in [0.25, 0.3) is 0 Å². The van der Waals surface area contributed by atoms with Gasteiger partial charge < -0.3 is 11.5 Å². The van der Waals surface area contributed by atoms with Crippen LogP contribution in [0.2, 0.25) is 5.02 Å². The number of sulfonamides is 1. The molecule has 100 valence electrons. The molecule has 0 aliphatic heterocycles. The first kappa shape index (κ1) is 14.7. The van der Waals surface area contributed by atoms with Gasteiger partial charge in [0.15, 0.2) is 0 Å². The van der Waals surface area contributed by atoms with Gasteiger partial charge in [-0.2, -0.15) is 4.72 Å². The molecule has 0 aliphatic rings. The number of hydrogen-bond acceptors (Lipinski definition) is 5. The molecule has 0 spiro atoms. The summed E-state index contributed by atoms with van der Waals surface area (Å²) < 4.78 is 26.1. The smallest absolute Gasteiger partial charge is 0.243 e. The van der Waals surface area contributed by atoms with E-state index in [0.717, 1.165) is 12.3 Å². The Bertz CT molecular complexity index is 585. The highest BCUT2D eigenvalue weighted by atomic mass is 35.5. The molecule has 7 nitrogen and oxygen atoms in total. The van der Waals surface area contributed by atoms with Gasteiger partial charge in [-0.05, 0) is 19.9 Å². The number of rotatable bonds is 4. The lowest BCUT2D eigenvalue weighted by atomic mass is 10.1. The molecule has 1 rings (SSSR count). The third-order valence-corrected chi connectivity index (χ3v) is 4.09. The van der Waals surface area contributed by atoms with Crippen molar-refractivity contribution >= 4 is 33.3 Å². The van der Waals surface area contributed by atoms with Crippen molar-refractivity contribution in [3.63, 3.8) is 0 Å². The number of nitrogen functional groups attached to an aromatic ring is 1. The molecule has 0 saturated carbocycles. The van der Waals surface area contributed by atoms with Crippen molar-refractivity contribution in [2.45, 2.75) is 24.3 Å². The fourth-order valence-electron chi connectivity index (χ4n) is 1.02. The maximum absolute atomic E-state index is 12.0. The van der Waals surface area contributed by atoms with E-state index in [0.29, 0.717) is 0 Å². The first-order valence-corrected chi connectivity index (χ1v) is 6.67. The van der Waals surface area contributed by atoms with Crippen LogP contribution in [0.25, 0.3) is 0 Å². The second-order valence-corrected chi connectivity index (χ2v) is 6.22. The number of primary amides is 1. The lowest BCUT2D eigenvalue weighted by Gasteiger charge is -2.21. The maximum Gasteiger partial charge on any atom is 0.243 e. The zero-order valence-corrected chi connectivity index (χ0v) is 11.3. The number of nitrogens with zero attached hydrogens (tertiary/aromatic N) is 1. The second kappa shape index (κ2) is 4.71. The van der Waals surface area contributed by atoms with Crippen molar-refractivity contribution in [3.8, 4) is 0 Å². The molecular formula is C9H13ClN4O3S. The Morgan fingerprint density at radius 2 is 2.06 bits per heavy atom. The first-order chi connectivity index (χ1) is 8.06. The zero-order valence-electron chi connectivity index (χ0n) is 9.77. The van der Waals surface area contributed by atoms with E-state index in [4.69, 9.17) is 23.1 Å². The Hall–Kier alpha value is -1.38. The number of carbonyl (C=O) groups excluding carboxylic acids is 1. The van der Waals surface area contributed by atoms with Gasteiger partial charge in [0.1, 0.15) is 16.3 Å². The number of nitrogens with two attached hydrogens (primary N) is 2. The number of carbonyl (C=O) groups is 1. The molecule has 1 aromatic heterocycles. The normalized spacial score (nSPS) is 12.4. The molecule has 0 unspecified atom stereocenters. The van der Waals surface area contributed by atoms with Crippen LogP contribution in [0.4, 0.5) is 5.82 Å². The van der Waals surface area contributed by atoms with Gasteiger partial charge in [-0.1, -0.05) is 11.6 Å². The molecule has 18 heavy (non-hydrogen) atoms. The van der Waals surface area contributed by atoms with Crippen LogP contribution in [0.3, 0.4) is 0 Å². The van der Waals surface area contributed by atoms with Gasteiger partial charge in [-0.25, -0.2) is 13.4 Å². The predicted molar refractivity (Wildman–Crippen MR) is 67.3 cm³/mol. The summed E-state index contributed by atoms with van der Waals surface area (Å²) in [5.41, 5.74) is 9.03. The third-order valence-electron chi connectivity index (χ3n) is 2.16. The lowest BCUT2D eigenvalue weighted by molar-refractivity contribution is -0.122. The number of aromatic nitrogens is 1. The van der Waals surface area contributed by atoms with Crippen molar-refractivity contribution < 1.29 is 13.2 Å². The summed E-state index contributed by atoms with van der Waals surface area (Å²) in [6.07, 6.45) is 1.04. The van der Waals surface area contributed by atoms with E-state index in [2.05, 4.69) is 9.71 Å². The third kappa shape index (κ3) is 3.09. The number of anilines is 1. The molecule has 1 aromatic rings. The zero-order chi connectivity index (χ0) is 14.1. The first-order valence-electron chi connectivity index (χ1n) is 4.81. The summed E-state index contributed by atoms with van der Waals surface area (Å²) in [5, 5.41) is 0.00903. The Morgan fingerprint density at radius 1 is 1.50 bits per heavy atom. The molecule has 0 aromatic carbocycles. The Labute approximate surface area is 110 Å². The second-order valence-electron chi connectivity index (χ2n) is 4.13. The molecule has 1 heterocycles. The monoisotopic (exact) mass is 292 g/mol. The van der Waals surface area contributed by atoms with Gasteiger partial charge in [0, 0.05) is 6.20 Å². The minimum atomic E-state index is -3.96. The molecule has 1 amide bonds. The molecule has 9 heteroatoms. The molecule has 0 atom stereocenters. The number of hydrogen-bond donors (Lipinski definition) is 3. The van der Waals surface area contributed by atoms with Crippen LogP contribution >= 0.6 is 11.6 Å². The molecular weight excluding hydrogens is 280 g/mol. The minimum absolute atomic E-state index is 0.00903. The van der Waals surface area contributed by atoms with Crippen LogP contribution < -0.4 is 16.2 Å². The fraction of sp³-hybridized carbons (Fsp3) is 0.333.